The normalized spacial score (nSPS) is 11.6. The number of nitriles is 1. The lowest BCUT2D eigenvalue weighted by atomic mass is 10.0. The number of aromatic hydroxyl groups is 1. The van der Waals surface area contributed by atoms with Crippen molar-refractivity contribution in [2.24, 2.45) is 5.73 Å². The molecule has 3 N–H and O–H groups in total. The molecule has 1 atom stereocenters. The van der Waals surface area contributed by atoms with Crippen LogP contribution in [0.4, 0.5) is 0 Å². The third kappa shape index (κ3) is 2.49. The molecular weight excluding hydrogens is 208 g/mol. The van der Waals surface area contributed by atoms with E-state index in [1.54, 1.807) is 12.1 Å². The molecule has 1 aromatic rings. The van der Waals surface area contributed by atoms with Gasteiger partial charge in [-0.15, -0.1) is 0 Å². The van der Waals surface area contributed by atoms with Crippen LogP contribution in [0.2, 0.25) is 0 Å². The molecule has 5 heteroatoms. The second kappa shape index (κ2) is 5.14. The summed E-state index contributed by atoms with van der Waals surface area (Å²) < 4.78 is 4.47. The molecule has 0 saturated heterocycles. The molecule has 0 aliphatic carbocycles. The first-order chi connectivity index (χ1) is 7.60. The quantitative estimate of drug-likeness (QED) is 0.735. The first kappa shape index (κ1) is 12.0. The van der Waals surface area contributed by atoms with Crippen LogP contribution >= 0.6 is 0 Å². The zero-order chi connectivity index (χ0) is 12.1. The number of phenols is 1. The average molecular weight is 220 g/mol. The highest BCUT2D eigenvalue weighted by molar-refractivity contribution is 5.70. The van der Waals surface area contributed by atoms with Crippen molar-refractivity contribution in [3.8, 4) is 11.8 Å². The van der Waals surface area contributed by atoms with Crippen molar-refractivity contribution in [2.75, 3.05) is 7.11 Å². The van der Waals surface area contributed by atoms with Gasteiger partial charge in [-0.1, -0.05) is 12.1 Å². The van der Waals surface area contributed by atoms with Crippen molar-refractivity contribution in [3.05, 3.63) is 29.3 Å². The molecule has 0 aliphatic heterocycles. The number of phenolic OH excluding ortho intramolecular Hbond substituents is 1. The van der Waals surface area contributed by atoms with Gasteiger partial charge < -0.3 is 15.6 Å². The molecule has 0 amide bonds. The van der Waals surface area contributed by atoms with Gasteiger partial charge in [0, 0.05) is 11.6 Å². The number of nitrogens with zero attached hydrogens (tertiary/aromatic N) is 1. The number of rotatable bonds is 3. The lowest BCUT2D eigenvalue weighted by Crippen LogP contribution is -2.16. The van der Waals surface area contributed by atoms with Crippen LogP contribution in [0.5, 0.6) is 5.75 Å². The van der Waals surface area contributed by atoms with Crippen LogP contribution < -0.4 is 5.73 Å². The second-order valence-electron chi connectivity index (χ2n) is 3.24. The summed E-state index contributed by atoms with van der Waals surface area (Å²) in [6.45, 7) is 0. The van der Waals surface area contributed by atoms with Crippen LogP contribution in [-0.4, -0.2) is 18.2 Å². The van der Waals surface area contributed by atoms with Gasteiger partial charge in [-0.25, -0.2) is 0 Å². The van der Waals surface area contributed by atoms with Gasteiger partial charge in [-0.3, -0.25) is 4.79 Å². The first-order valence-electron chi connectivity index (χ1n) is 4.64. The number of carbonyl (C=O) groups is 1. The molecule has 0 aliphatic rings. The summed E-state index contributed by atoms with van der Waals surface area (Å²) in [6.07, 6.45) is -0.0427. The van der Waals surface area contributed by atoms with Gasteiger partial charge in [-0.05, 0) is 6.07 Å². The Morgan fingerprint density at radius 2 is 2.38 bits per heavy atom. The van der Waals surface area contributed by atoms with Crippen LogP contribution in [0, 0.1) is 11.3 Å². The molecule has 0 aromatic heterocycles. The number of benzene rings is 1. The monoisotopic (exact) mass is 220 g/mol. The largest absolute Gasteiger partial charge is 0.506 e. The predicted octanol–water partition coefficient (Wildman–Crippen LogP) is 0.827. The van der Waals surface area contributed by atoms with Crippen LogP contribution in [0.1, 0.15) is 23.6 Å². The SMILES string of the molecule is COC(=O)C[C@H](N)c1cccc(C#N)c1O. The summed E-state index contributed by atoms with van der Waals surface area (Å²) in [5.74, 6) is -0.643. The average Bonchev–Trinajstić information content (AvgIpc) is 2.29. The molecule has 0 spiro atoms. The molecule has 1 aromatic carbocycles. The number of hydrogen-bond donors (Lipinski definition) is 2. The Labute approximate surface area is 93.1 Å². The maximum atomic E-state index is 11.0. The van der Waals surface area contributed by atoms with Gasteiger partial charge in [-0.2, -0.15) is 5.26 Å². The molecule has 5 nitrogen and oxygen atoms in total. The third-order valence-corrected chi connectivity index (χ3v) is 2.20. The fourth-order valence-electron chi connectivity index (χ4n) is 1.32. The standard InChI is InChI=1S/C11H12N2O3/c1-16-10(14)5-9(13)8-4-2-3-7(6-12)11(8)15/h2-4,9,15H,5,13H2,1H3/t9-/m0/s1. The Balaban J connectivity index is 2.96. The Morgan fingerprint density at radius 3 is 2.94 bits per heavy atom. The Bertz CT molecular complexity index is 437. The molecule has 0 fully saturated rings. The number of hydrogen-bond acceptors (Lipinski definition) is 5. The second-order valence-corrected chi connectivity index (χ2v) is 3.24. The van der Waals surface area contributed by atoms with E-state index < -0.39 is 12.0 Å². The molecule has 0 bridgehead atoms. The maximum absolute atomic E-state index is 11.0. The Hall–Kier alpha value is -2.06. The fourth-order valence-corrected chi connectivity index (χ4v) is 1.32. The van der Waals surface area contributed by atoms with E-state index in [9.17, 15) is 9.90 Å². The number of carbonyl (C=O) groups excluding carboxylic acids is 1. The molecule has 0 heterocycles. The summed E-state index contributed by atoms with van der Waals surface area (Å²) >= 11 is 0. The molecule has 0 unspecified atom stereocenters. The van der Waals surface area contributed by atoms with E-state index in [4.69, 9.17) is 11.0 Å². The third-order valence-electron chi connectivity index (χ3n) is 2.20. The number of methoxy groups -OCH3 is 1. The number of nitrogens with two attached hydrogens (primary N) is 1. The van der Waals surface area contributed by atoms with Gasteiger partial charge in [0.1, 0.15) is 11.8 Å². The van der Waals surface area contributed by atoms with E-state index in [0.717, 1.165) is 0 Å². The molecule has 0 radical (unpaired) electrons. The topological polar surface area (TPSA) is 96.3 Å². The van der Waals surface area contributed by atoms with Gasteiger partial charge in [0.15, 0.2) is 0 Å². The van der Waals surface area contributed by atoms with Crippen molar-refractivity contribution >= 4 is 5.97 Å². The smallest absolute Gasteiger partial charge is 0.307 e. The highest BCUT2D eigenvalue weighted by Gasteiger charge is 2.17. The highest BCUT2D eigenvalue weighted by Crippen LogP contribution is 2.27. The van der Waals surface area contributed by atoms with E-state index >= 15 is 0 Å². The summed E-state index contributed by atoms with van der Waals surface area (Å²) in [5.41, 5.74) is 6.23. The minimum Gasteiger partial charge on any atom is -0.506 e. The van der Waals surface area contributed by atoms with Crippen LogP contribution in [0.3, 0.4) is 0 Å². The molecule has 16 heavy (non-hydrogen) atoms. The molecular formula is C11H12N2O3. The van der Waals surface area contributed by atoms with Crippen LogP contribution in [0.25, 0.3) is 0 Å². The van der Waals surface area contributed by atoms with E-state index in [0.29, 0.717) is 5.56 Å². The highest BCUT2D eigenvalue weighted by atomic mass is 16.5. The minimum atomic E-state index is -0.680. The summed E-state index contributed by atoms with van der Waals surface area (Å²) in [7, 11) is 1.26. The van der Waals surface area contributed by atoms with Crippen molar-refractivity contribution < 1.29 is 14.6 Å². The van der Waals surface area contributed by atoms with Crippen molar-refractivity contribution in [1.82, 2.24) is 0 Å². The van der Waals surface area contributed by atoms with E-state index in [1.165, 1.54) is 13.2 Å². The number of para-hydroxylation sites is 1. The Morgan fingerprint density at radius 1 is 1.69 bits per heavy atom. The number of esters is 1. The lowest BCUT2D eigenvalue weighted by molar-refractivity contribution is -0.141. The van der Waals surface area contributed by atoms with E-state index in [1.807, 2.05) is 6.07 Å². The van der Waals surface area contributed by atoms with Crippen LogP contribution in [0.15, 0.2) is 18.2 Å². The van der Waals surface area contributed by atoms with E-state index in [-0.39, 0.29) is 17.7 Å². The predicted molar refractivity (Wildman–Crippen MR) is 56.4 cm³/mol. The zero-order valence-electron chi connectivity index (χ0n) is 8.80. The lowest BCUT2D eigenvalue weighted by Gasteiger charge is -2.12. The summed E-state index contributed by atoms with van der Waals surface area (Å²) in [5, 5.41) is 18.4. The maximum Gasteiger partial charge on any atom is 0.307 e. The molecule has 1 rings (SSSR count). The van der Waals surface area contributed by atoms with Crippen LogP contribution in [-0.2, 0) is 9.53 Å². The Kier molecular flexibility index (Phi) is 3.86. The zero-order valence-corrected chi connectivity index (χ0v) is 8.80. The van der Waals surface area contributed by atoms with Gasteiger partial charge in [0.05, 0.1) is 19.1 Å². The van der Waals surface area contributed by atoms with Crippen molar-refractivity contribution in [2.45, 2.75) is 12.5 Å². The van der Waals surface area contributed by atoms with Crippen molar-refractivity contribution in [3.63, 3.8) is 0 Å². The number of ether oxygens (including phenoxy) is 1. The summed E-state index contributed by atoms with van der Waals surface area (Å²) in [4.78, 5) is 11.0. The fraction of sp³-hybridized carbons (Fsp3) is 0.273. The van der Waals surface area contributed by atoms with Gasteiger partial charge in [0.25, 0.3) is 0 Å². The summed E-state index contributed by atoms with van der Waals surface area (Å²) in [6, 6.07) is 5.81. The molecule has 84 valence electrons. The molecule has 0 saturated carbocycles. The van der Waals surface area contributed by atoms with Gasteiger partial charge >= 0.3 is 5.97 Å². The van der Waals surface area contributed by atoms with E-state index in [2.05, 4.69) is 4.74 Å². The van der Waals surface area contributed by atoms with Crippen molar-refractivity contribution in [1.29, 1.82) is 5.26 Å². The minimum absolute atomic E-state index is 0.0427. The van der Waals surface area contributed by atoms with Gasteiger partial charge in [0.2, 0.25) is 0 Å². The first-order valence-corrected chi connectivity index (χ1v) is 4.64.